The van der Waals surface area contributed by atoms with Crippen molar-refractivity contribution in [3.63, 3.8) is 0 Å². The van der Waals surface area contributed by atoms with E-state index in [2.05, 4.69) is 4.72 Å². The van der Waals surface area contributed by atoms with Crippen LogP contribution in [0.15, 0.2) is 23.1 Å². The van der Waals surface area contributed by atoms with Crippen molar-refractivity contribution in [2.24, 2.45) is 0 Å². The first-order valence-corrected chi connectivity index (χ1v) is 7.88. The van der Waals surface area contributed by atoms with Crippen LogP contribution in [0, 0.1) is 15.9 Å². The lowest BCUT2D eigenvalue weighted by Crippen LogP contribution is -2.40. The molecule has 0 aliphatic carbocycles. The third kappa shape index (κ3) is 3.36. The van der Waals surface area contributed by atoms with Crippen LogP contribution < -0.4 is 4.72 Å². The molecule has 1 aromatic carbocycles. The molecule has 1 saturated heterocycles. The van der Waals surface area contributed by atoms with Gasteiger partial charge in [-0.1, -0.05) is 6.07 Å². The van der Waals surface area contributed by atoms with E-state index >= 15 is 0 Å². The van der Waals surface area contributed by atoms with Crippen molar-refractivity contribution in [3.05, 3.63) is 34.1 Å². The van der Waals surface area contributed by atoms with Crippen LogP contribution in [0.25, 0.3) is 0 Å². The van der Waals surface area contributed by atoms with Crippen LogP contribution in [0.3, 0.4) is 0 Å². The molecule has 0 aromatic heterocycles. The van der Waals surface area contributed by atoms with Gasteiger partial charge in [-0.15, -0.1) is 0 Å². The number of sulfonamides is 1. The summed E-state index contributed by atoms with van der Waals surface area (Å²) >= 11 is 0. The lowest BCUT2D eigenvalue weighted by Gasteiger charge is -2.19. The van der Waals surface area contributed by atoms with E-state index in [4.69, 9.17) is 4.74 Å². The summed E-state index contributed by atoms with van der Waals surface area (Å²) in [5.74, 6) is -1.19. The van der Waals surface area contributed by atoms with Crippen LogP contribution in [-0.2, 0) is 14.8 Å². The maximum atomic E-state index is 13.5. The molecule has 0 spiro atoms. The molecule has 116 valence electrons. The highest BCUT2D eigenvalue weighted by atomic mass is 32.2. The van der Waals surface area contributed by atoms with Gasteiger partial charge in [-0.3, -0.25) is 10.1 Å². The van der Waals surface area contributed by atoms with Crippen molar-refractivity contribution >= 4 is 15.7 Å². The second kappa shape index (κ2) is 6.04. The van der Waals surface area contributed by atoms with Gasteiger partial charge in [0.25, 0.3) is 0 Å². The Balaban J connectivity index is 2.31. The average molecular weight is 318 g/mol. The number of nitrogens with one attached hydrogen (secondary N) is 1. The van der Waals surface area contributed by atoms with Crippen LogP contribution in [0.5, 0.6) is 0 Å². The summed E-state index contributed by atoms with van der Waals surface area (Å²) in [6.45, 7) is 2.16. The lowest BCUT2D eigenvalue weighted by molar-refractivity contribution is -0.390. The standard InChI is InChI=1S/C12H15FN2O5S/c1-8(10-5-3-7-20-10)14-21(18,19)11-6-2-4-9(13)12(11)15(16)17/h2,4,6,8,10,14H,3,5,7H2,1H3. The Morgan fingerprint density at radius 3 is 2.81 bits per heavy atom. The molecule has 1 aliphatic heterocycles. The molecule has 2 rings (SSSR count). The van der Waals surface area contributed by atoms with Crippen LogP contribution in [0.2, 0.25) is 0 Å². The summed E-state index contributed by atoms with van der Waals surface area (Å²) in [7, 11) is -4.21. The first-order chi connectivity index (χ1) is 9.83. The summed E-state index contributed by atoms with van der Waals surface area (Å²) < 4.78 is 45.7. The van der Waals surface area contributed by atoms with E-state index in [0.29, 0.717) is 13.0 Å². The monoisotopic (exact) mass is 318 g/mol. The Morgan fingerprint density at radius 2 is 2.24 bits per heavy atom. The number of halogens is 1. The number of rotatable bonds is 5. The summed E-state index contributed by atoms with van der Waals surface area (Å²) in [5, 5.41) is 10.9. The van der Waals surface area contributed by atoms with Crippen molar-refractivity contribution < 1.29 is 22.5 Å². The normalized spacial score (nSPS) is 20.4. The van der Waals surface area contributed by atoms with E-state index in [1.165, 1.54) is 0 Å². The summed E-state index contributed by atoms with van der Waals surface area (Å²) in [5.41, 5.74) is -1.05. The quantitative estimate of drug-likeness (QED) is 0.656. The largest absolute Gasteiger partial charge is 0.377 e. The summed E-state index contributed by atoms with van der Waals surface area (Å²) in [6, 6.07) is 2.42. The van der Waals surface area contributed by atoms with Gasteiger partial charge in [0, 0.05) is 12.6 Å². The zero-order valence-corrected chi connectivity index (χ0v) is 12.1. The Labute approximate surface area is 121 Å². The van der Waals surface area contributed by atoms with E-state index in [1.54, 1.807) is 6.92 Å². The van der Waals surface area contributed by atoms with Gasteiger partial charge in [0.2, 0.25) is 15.8 Å². The molecular weight excluding hydrogens is 303 g/mol. The van der Waals surface area contributed by atoms with Gasteiger partial charge in [0.15, 0.2) is 4.90 Å². The topological polar surface area (TPSA) is 98.5 Å². The second-order valence-corrected chi connectivity index (χ2v) is 6.49. The average Bonchev–Trinajstić information content (AvgIpc) is 2.91. The Bertz CT molecular complexity index is 643. The number of hydrogen-bond donors (Lipinski definition) is 1. The minimum absolute atomic E-state index is 0.285. The molecule has 2 unspecified atom stereocenters. The van der Waals surface area contributed by atoms with Gasteiger partial charge < -0.3 is 4.74 Å². The fraction of sp³-hybridized carbons (Fsp3) is 0.500. The summed E-state index contributed by atoms with van der Waals surface area (Å²) in [6.07, 6.45) is 1.25. The van der Waals surface area contributed by atoms with E-state index < -0.39 is 37.4 Å². The third-order valence-electron chi connectivity index (χ3n) is 3.29. The van der Waals surface area contributed by atoms with Crippen LogP contribution >= 0.6 is 0 Å². The van der Waals surface area contributed by atoms with Gasteiger partial charge in [-0.25, -0.2) is 13.1 Å². The molecule has 1 fully saturated rings. The molecule has 1 aromatic rings. The number of benzene rings is 1. The van der Waals surface area contributed by atoms with E-state index in [1.807, 2.05) is 0 Å². The van der Waals surface area contributed by atoms with Crippen LogP contribution in [0.4, 0.5) is 10.1 Å². The molecule has 1 heterocycles. The second-order valence-electron chi connectivity index (χ2n) is 4.81. The van der Waals surface area contributed by atoms with Crippen molar-refractivity contribution in [1.29, 1.82) is 0 Å². The van der Waals surface area contributed by atoms with E-state index in [0.717, 1.165) is 24.6 Å². The maximum Gasteiger partial charge on any atom is 0.324 e. The predicted octanol–water partition coefficient (Wildman–Crippen LogP) is 1.58. The minimum atomic E-state index is -4.21. The third-order valence-corrected chi connectivity index (χ3v) is 4.88. The van der Waals surface area contributed by atoms with E-state index in [9.17, 15) is 22.9 Å². The zero-order valence-electron chi connectivity index (χ0n) is 11.3. The molecule has 21 heavy (non-hydrogen) atoms. The molecule has 7 nitrogen and oxygen atoms in total. The van der Waals surface area contributed by atoms with Gasteiger partial charge in [-0.2, -0.15) is 4.39 Å². The fourth-order valence-electron chi connectivity index (χ4n) is 2.27. The SMILES string of the molecule is CC(NS(=O)(=O)c1cccc(F)c1[N+](=O)[O-])C1CCCO1. The van der Waals surface area contributed by atoms with Gasteiger partial charge in [-0.05, 0) is 31.9 Å². The molecule has 0 bridgehead atoms. The van der Waals surface area contributed by atoms with Crippen LogP contribution in [-0.4, -0.2) is 32.1 Å². The Kier molecular flexibility index (Phi) is 4.55. The number of para-hydroxylation sites is 1. The molecule has 0 radical (unpaired) electrons. The molecule has 1 N–H and O–H groups in total. The van der Waals surface area contributed by atoms with E-state index in [-0.39, 0.29) is 6.10 Å². The van der Waals surface area contributed by atoms with Crippen molar-refractivity contribution in [3.8, 4) is 0 Å². The first kappa shape index (κ1) is 15.8. The first-order valence-electron chi connectivity index (χ1n) is 6.40. The maximum absolute atomic E-state index is 13.5. The molecular formula is C12H15FN2O5S. The highest BCUT2D eigenvalue weighted by Gasteiger charge is 2.33. The summed E-state index contributed by atoms with van der Waals surface area (Å²) in [4.78, 5) is 9.16. The number of nitro groups is 1. The number of ether oxygens (including phenoxy) is 1. The molecule has 1 aliphatic rings. The highest BCUT2D eigenvalue weighted by molar-refractivity contribution is 7.89. The lowest BCUT2D eigenvalue weighted by atomic mass is 10.1. The van der Waals surface area contributed by atoms with Gasteiger partial charge in [0.1, 0.15) is 0 Å². The smallest absolute Gasteiger partial charge is 0.324 e. The van der Waals surface area contributed by atoms with Crippen molar-refractivity contribution in [1.82, 2.24) is 4.72 Å². The molecule has 0 amide bonds. The van der Waals surface area contributed by atoms with Gasteiger partial charge >= 0.3 is 5.69 Å². The fourth-order valence-corrected chi connectivity index (χ4v) is 3.72. The predicted molar refractivity (Wildman–Crippen MR) is 71.8 cm³/mol. The number of nitrogens with zero attached hydrogens (tertiary/aromatic N) is 1. The molecule has 0 saturated carbocycles. The van der Waals surface area contributed by atoms with Crippen molar-refractivity contribution in [2.45, 2.75) is 36.8 Å². The Morgan fingerprint density at radius 1 is 1.52 bits per heavy atom. The van der Waals surface area contributed by atoms with Crippen molar-refractivity contribution in [2.75, 3.05) is 6.61 Å². The Hall–Kier alpha value is -1.58. The van der Waals surface area contributed by atoms with Crippen LogP contribution in [0.1, 0.15) is 19.8 Å². The highest BCUT2D eigenvalue weighted by Crippen LogP contribution is 2.27. The van der Waals surface area contributed by atoms with Gasteiger partial charge in [0.05, 0.1) is 11.0 Å². The number of nitro benzene ring substituents is 1. The number of hydrogen-bond acceptors (Lipinski definition) is 5. The molecule has 2 atom stereocenters. The zero-order chi connectivity index (χ0) is 15.6. The minimum Gasteiger partial charge on any atom is -0.377 e. The molecule has 9 heteroatoms.